The van der Waals surface area contributed by atoms with Gasteiger partial charge in [0.05, 0.1) is 17.2 Å². The van der Waals surface area contributed by atoms with Gasteiger partial charge in [-0.15, -0.1) is 0 Å². The summed E-state index contributed by atoms with van der Waals surface area (Å²) < 4.78 is 5.59. The Morgan fingerprint density at radius 1 is 0.963 bits per heavy atom. The lowest BCUT2D eigenvalue weighted by atomic mass is 10.0. The van der Waals surface area contributed by atoms with Gasteiger partial charge < -0.3 is 15.2 Å². The maximum Gasteiger partial charge on any atom is 0.255 e. The number of para-hydroxylation sites is 1. The Morgan fingerprint density at radius 3 is 2.33 bits per heavy atom. The van der Waals surface area contributed by atoms with Crippen LogP contribution in [0.5, 0.6) is 11.5 Å². The van der Waals surface area contributed by atoms with Crippen LogP contribution in [0.15, 0.2) is 72.8 Å². The van der Waals surface area contributed by atoms with Gasteiger partial charge in [-0.05, 0) is 41.8 Å². The van der Waals surface area contributed by atoms with E-state index >= 15 is 0 Å². The first kappa shape index (κ1) is 18.8. The van der Waals surface area contributed by atoms with E-state index in [-0.39, 0.29) is 22.2 Å². The van der Waals surface area contributed by atoms with E-state index in [1.54, 1.807) is 12.1 Å². The third kappa shape index (κ3) is 5.02. The van der Waals surface area contributed by atoms with Gasteiger partial charge in [0.15, 0.2) is 0 Å². The molecule has 1 amide bonds. The molecule has 2 N–H and O–H groups in total. The maximum atomic E-state index is 12.5. The number of benzene rings is 3. The third-order valence-corrected chi connectivity index (χ3v) is 4.32. The molecule has 5 heteroatoms. The van der Waals surface area contributed by atoms with Crippen LogP contribution in [-0.4, -0.2) is 24.2 Å². The van der Waals surface area contributed by atoms with Gasteiger partial charge in [-0.3, -0.25) is 4.79 Å². The number of halogens is 1. The number of phenols is 1. The molecule has 0 saturated carbocycles. The van der Waals surface area contributed by atoms with E-state index in [0.717, 1.165) is 16.9 Å². The fourth-order valence-corrected chi connectivity index (χ4v) is 2.86. The van der Waals surface area contributed by atoms with Crippen molar-refractivity contribution in [2.45, 2.75) is 6.42 Å². The molecule has 0 fully saturated rings. The molecule has 0 heterocycles. The minimum atomic E-state index is -0.369. The number of rotatable bonds is 7. The van der Waals surface area contributed by atoms with Crippen molar-refractivity contribution in [1.29, 1.82) is 0 Å². The lowest BCUT2D eigenvalue weighted by Crippen LogP contribution is -2.25. The molecule has 3 aromatic carbocycles. The molecule has 0 aliphatic heterocycles. The summed E-state index contributed by atoms with van der Waals surface area (Å²) in [5.41, 5.74) is 1.85. The SMILES string of the molecule is O=C(NCCCOc1ccccc1)c1cc(-c2ccccc2)cc(Cl)c1O. The second-order valence-corrected chi connectivity index (χ2v) is 6.40. The van der Waals surface area contributed by atoms with Crippen LogP contribution in [0.2, 0.25) is 5.02 Å². The predicted octanol–water partition coefficient (Wildman–Crippen LogP) is 4.91. The van der Waals surface area contributed by atoms with Crippen molar-refractivity contribution in [2.75, 3.05) is 13.2 Å². The topological polar surface area (TPSA) is 58.6 Å². The standard InChI is InChI=1S/C22H20ClNO3/c23-20-15-17(16-8-3-1-4-9-16)14-19(21(20)25)22(26)24-12-7-13-27-18-10-5-2-6-11-18/h1-6,8-11,14-15,25H,7,12-13H2,(H,24,26). The number of phenolic OH excluding ortho intramolecular Hbond substituents is 1. The van der Waals surface area contributed by atoms with Crippen LogP contribution in [0.25, 0.3) is 11.1 Å². The smallest absolute Gasteiger partial charge is 0.255 e. The molecule has 0 radical (unpaired) electrons. The summed E-state index contributed by atoms with van der Waals surface area (Å²) in [6.45, 7) is 0.916. The minimum absolute atomic E-state index is 0.147. The summed E-state index contributed by atoms with van der Waals surface area (Å²) >= 11 is 6.11. The van der Waals surface area contributed by atoms with Crippen molar-refractivity contribution >= 4 is 17.5 Å². The number of carbonyl (C=O) groups is 1. The maximum absolute atomic E-state index is 12.5. The van der Waals surface area contributed by atoms with E-state index < -0.39 is 0 Å². The zero-order valence-corrected chi connectivity index (χ0v) is 15.4. The highest BCUT2D eigenvalue weighted by molar-refractivity contribution is 6.33. The van der Waals surface area contributed by atoms with Crippen LogP contribution in [0.3, 0.4) is 0 Å². The van der Waals surface area contributed by atoms with E-state index in [9.17, 15) is 9.90 Å². The molecule has 0 saturated heterocycles. The zero-order chi connectivity index (χ0) is 19.1. The Morgan fingerprint density at radius 2 is 1.63 bits per heavy atom. The average Bonchev–Trinajstić information content (AvgIpc) is 2.71. The lowest BCUT2D eigenvalue weighted by molar-refractivity contribution is 0.0949. The van der Waals surface area contributed by atoms with Gasteiger partial charge in [0.1, 0.15) is 11.5 Å². The summed E-state index contributed by atoms with van der Waals surface area (Å²) in [4.78, 5) is 12.5. The highest BCUT2D eigenvalue weighted by atomic mass is 35.5. The fraction of sp³-hybridized carbons (Fsp3) is 0.136. The summed E-state index contributed by atoms with van der Waals surface area (Å²) in [6.07, 6.45) is 0.646. The Bertz CT molecular complexity index is 898. The van der Waals surface area contributed by atoms with Gasteiger partial charge in [-0.2, -0.15) is 0 Å². The predicted molar refractivity (Wildman–Crippen MR) is 107 cm³/mol. The molecular formula is C22H20ClNO3. The van der Waals surface area contributed by atoms with Crippen molar-refractivity contribution in [3.05, 3.63) is 83.4 Å². The summed E-state index contributed by atoms with van der Waals surface area (Å²) in [5, 5.41) is 13.1. The highest BCUT2D eigenvalue weighted by Gasteiger charge is 2.16. The second-order valence-electron chi connectivity index (χ2n) is 5.99. The molecule has 0 atom stereocenters. The number of aromatic hydroxyl groups is 1. The molecule has 3 aromatic rings. The Hall–Kier alpha value is -2.98. The number of amides is 1. The first-order valence-electron chi connectivity index (χ1n) is 8.69. The van der Waals surface area contributed by atoms with E-state index in [1.165, 1.54) is 0 Å². The Balaban J connectivity index is 1.60. The monoisotopic (exact) mass is 381 g/mol. The quantitative estimate of drug-likeness (QED) is 0.571. The highest BCUT2D eigenvalue weighted by Crippen LogP contribution is 2.33. The Labute approximate surface area is 163 Å². The lowest BCUT2D eigenvalue weighted by Gasteiger charge is -2.11. The van der Waals surface area contributed by atoms with Gasteiger partial charge in [-0.1, -0.05) is 60.1 Å². The summed E-state index contributed by atoms with van der Waals surface area (Å²) in [7, 11) is 0. The molecule has 138 valence electrons. The summed E-state index contributed by atoms with van der Waals surface area (Å²) in [6, 6.07) is 22.4. The van der Waals surface area contributed by atoms with Crippen molar-refractivity contribution in [3.8, 4) is 22.6 Å². The van der Waals surface area contributed by atoms with Gasteiger partial charge in [-0.25, -0.2) is 0 Å². The van der Waals surface area contributed by atoms with Crippen molar-refractivity contribution < 1.29 is 14.6 Å². The van der Waals surface area contributed by atoms with Crippen LogP contribution >= 0.6 is 11.6 Å². The first-order chi connectivity index (χ1) is 13.1. The molecule has 0 aromatic heterocycles. The normalized spacial score (nSPS) is 10.4. The molecule has 27 heavy (non-hydrogen) atoms. The average molecular weight is 382 g/mol. The number of nitrogens with one attached hydrogen (secondary N) is 1. The molecule has 0 aliphatic rings. The van der Waals surface area contributed by atoms with Gasteiger partial charge in [0, 0.05) is 6.54 Å². The summed E-state index contributed by atoms with van der Waals surface area (Å²) in [5.74, 6) is 0.213. The number of hydrogen-bond acceptors (Lipinski definition) is 3. The van der Waals surface area contributed by atoms with Crippen LogP contribution in [0.1, 0.15) is 16.8 Å². The fourth-order valence-electron chi connectivity index (χ4n) is 2.65. The van der Waals surface area contributed by atoms with Crippen LogP contribution in [0.4, 0.5) is 0 Å². The molecule has 4 nitrogen and oxygen atoms in total. The molecule has 0 aliphatic carbocycles. The molecule has 0 spiro atoms. The van der Waals surface area contributed by atoms with Crippen molar-refractivity contribution in [1.82, 2.24) is 5.32 Å². The van der Waals surface area contributed by atoms with Gasteiger partial charge in [0.25, 0.3) is 5.91 Å². The van der Waals surface area contributed by atoms with Crippen LogP contribution in [-0.2, 0) is 0 Å². The van der Waals surface area contributed by atoms with E-state index in [0.29, 0.717) is 19.6 Å². The second kappa shape index (κ2) is 9.10. The largest absolute Gasteiger partial charge is 0.506 e. The van der Waals surface area contributed by atoms with Crippen LogP contribution < -0.4 is 10.1 Å². The van der Waals surface area contributed by atoms with Crippen molar-refractivity contribution in [3.63, 3.8) is 0 Å². The van der Waals surface area contributed by atoms with E-state index in [4.69, 9.17) is 16.3 Å². The first-order valence-corrected chi connectivity index (χ1v) is 9.07. The number of carbonyl (C=O) groups excluding carboxylic acids is 1. The minimum Gasteiger partial charge on any atom is -0.506 e. The molecular weight excluding hydrogens is 362 g/mol. The van der Waals surface area contributed by atoms with E-state index in [1.807, 2.05) is 60.7 Å². The number of hydrogen-bond donors (Lipinski definition) is 2. The van der Waals surface area contributed by atoms with E-state index in [2.05, 4.69) is 5.32 Å². The number of ether oxygens (including phenoxy) is 1. The molecule has 0 unspecified atom stereocenters. The van der Waals surface area contributed by atoms with Crippen LogP contribution in [0, 0.1) is 0 Å². The third-order valence-electron chi connectivity index (χ3n) is 4.03. The molecule has 0 bridgehead atoms. The van der Waals surface area contributed by atoms with Crippen molar-refractivity contribution in [2.24, 2.45) is 0 Å². The van der Waals surface area contributed by atoms with Gasteiger partial charge in [0.2, 0.25) is 0 Å². The van der Waals surface area contributed by atoms with Gasteiger partial charge >= 0.3 is 0 Å². The molecule has 3 rings (SSSR count). The zero-order valence-electron chi connectivity index (χ0n) is 14.7. The Kier molecular flexibility index (Phi) is 6.34.